The standard InChI is InChI=1S/C13H10O5/c1-18-11-8-5-3-2-4-7(8)6-9(12(14)15)10(11)13(16)17/h2-6H,1H3,(H,14,15)(H,16,17). The Balaban J connectivity index is 2.96. The molecule has 2 aromatic carbocycles. The lowest BCUT2D eigenvalue weighted by atomic mass is 9.99. The van der Waals surface area contributed by atoms with Crippen LogP contribution in [0.25, 0.3) is 10.8 Å². The fourth-order valence-electron chi connectivity index (χ4n) is 1.91. The van der Waals surface area contributed by atoms with Crippen molar-refractivity contribution in [2.75, 3.05) is 7.11 Å². The summed E-state index contributed by atoms with van der Waals surface area (Å²) in [6.45, 7) is 0. The highest BCUT2D eigenvalue weighted by Gasteiger charge is 2.23. The fraction of sp³-hybridized carbons (Fsp3) is 0.0769. The summed E-state index contributed by atoms with van der Waals surface area (Å²) in [5, 5.41) is 19.4. The van der Waals surface area contributed by atoms with Crippen molar-refractivity contribution in [1.29, 1.82) is 0 Å². The molecule has 0 aromatic heterocycles. The molecule has 18 heavy (non-hydrogen) atoms. The second-order valence-corrected chi connectivity index (χ2v) is 3.66. The summed E-state index contributed by atoms with van der Waals surface area (Å²) >= 11 is 0. The first-order valence-electron chi connectivity index (χ1n) is 5.12. The van der Waals surface area contributed by atoms with E-state index in [1.807, 2.05) is 0 Å². The van der Waals surface area contributed by atoms with Crippen molar-refractivity contribution in [3.05, 3.63) is 41.5 Å². The smallest absolute Gasteiger partial charge is 0.340 e. The average molecular weight is 246 g/mol. The summed E-state index contributed by atoms with van der Waals surface area (Å²) < 4.78 is 5.07. The van der Waals surface area contributed by atoms with E-state index in [9.17, 15) is 9.59 Å². The summed E-state index contributed by atoms with van der Waals surface area (Å²) in [4.78, 5) is 22.3. The first kappa shape index (κ1) is 11.9. The molecule has 2 N–H and O–H groups in total. The van der Waals surface area contributed by atoms with E-state index in [1.165, 1.54) is 13.2 Å². The number of carboxylic acid groups (broad SMARTS) is 2. The lowest BCUT2D eigenvalue weighted by molar-refractivity contribution is 0.0649. The molecule has 2 rings (SSSR count). The third-order valence-electron chi connectivity index (χ3n) is 2.65. The molecule has 5 nitrogen and oxygen atoms in total. The minimum Gasteiger partial charge on any atom is -0.495 e. The van der Waals surface area contributed by atoms with Crippen LogP contribution in [-0.2, 0) is 0 Å². The van der Waals surface area contributed by atoms with Gasteiger partial charge in [-0.15, -0.1) is 0 Å². The summed E-state index contributed by atoms with van der Waals surface area (Å²) in [6.07, 6.45) is 0. The van der Waals surface area contributed by atoms with E-state index >= 15 is 0 Å². The van der Waals surface area contributed by atoms with E-state index in [-0.39, 0.29) is 16.9 Å². The van der Waals surface area contributed by atoms with Crippen LogP contribution in [0.3, 0.4) is 0 Å². The highest BCUT2D eigenvalue weighted by molar-refractivity contribution is 6.10. The van der Waals surface area contributed by atoms with Crippen molar-refractivity contribution in [2.45, 2.75) is 0 Å². The second-order valence-electron chi connectivity index (χ2n) is 3.66. The molecule has 0 unspecified atom stereocenters. The Morgan fingerprint density at radius 3 is 2.33 bits per heavy atom. The van der Waals surface area contributed by atoms with Crippen molar-refractivity contribution in [3.8, 4) is 5.75 Å². The Morgan fingerprint density at radius 2 is 1.78 bits per heavy atom. The van der Waals surface area contributed by atoms with E-state index in [2.05, 4.69) is 0 Å². The van der Waals surface area contributed by atoms with Crippen LogP contribution in [0.4, 0.5) is 0 Å². The molecular weight excluding hydrogens is 236 g/mol. The van der Waals surface area contributed by atoms with E-state index in [1.54, 1.807) is 24.3 Å². The molecule has 2 aromatic rings. The van der Waals surface area contributed by atoms with Gasteiger partial charge < -0.3 is 14.9 Å². The number of carboxylic acids is 2. The number of hydrogen-bond donors (Lipinski definition) is 2. The lowest BCUT2D eigenvalue weighted by Crippen LogP contribution is -2.10. The molecule has 0 aliphatic heterocycles. The van der Waals surface area contributed by atoms with Gasteiger partial charge in [0.1, 0.15) is 11.3 Å². The summed E-state index contributed by atoms with van der Waals surface area (Å²) in [5.41, 5.74) is -0.609. The molecule has 0 heterocycles. The molecule has 0 spiro atoms. The van der Waals surface area contributed by atoms with E-state index in [0.717, 1.165) is 0 Å². The molecule has 0 saturated heterocycles. The third kappa shape index (κ3) is 1.75. The van der Waals surface area contributed by atoms with Gasteiger partial charge in [-0.05, 0) is 11.5 Å². The Labute approximate surface area is 102 Å². The maximum Gasteiger partial charge on any atom is 0.340 e. The van der Waals surface area contributed by atoms with Crippen LogP contribution in [0.15, 0.2) is 30.3 Å². The molecule has 0 bridgehead atoms. The van der Waals surface area contributed by atoms with Crippen LogP contribution in [-0.4, -0.2) is 29.3 Å². The minimum atomic E-state index is -1.32. The SMILES string of the molecule is COc1c(C(=O)O)c(C(=O)O)cc2ccccc12. The maximum absolute atomic E-state index is 11.2. The van der Waals surface area contributed by atoms with E-state index in [0.29, 0.717) is 10.8 Å². The molecule has 5 heteroatoms. The number of benzene rings is 2. The predicted octanol–water partition coefficient (Wildman–Crippen LogP) is 2.24. The number of fused-ring (bicyclic) bond motifs is 1. The topological polar surface area (TPSA) is 83.8 Å². The predicted molar refractivity (Wildman–Crippen MR) is 64.4 cm³/mol. The molecule has 0 aliphatic rings. The Kier molecular flexibility index (Phi) is 2.89. The van der Waals surface area contributed by atoms with Gasteiger partial charge in [-0.1, -0.05) is 24.3 Å². The molecule has 0 atom stereocenters. The van der Waals surface area contributed by atoms with Gasteiger partial charge in [0.2, 0.25) is 0 Å². The van der Waals surface area contributed by atoms with Crippen LogP contribution in [0.1, 0.15) is 20.7 Å². The number of hydrogen-bond acceptors (Lipinski definition) is 3. The maximum atomic E-state index is 11.2. The Hall–Kier alpha value is -2.56. The number of methoxy groups -OCH3 is 1. The Morgan fingerprint density at radius 1 is 1.11 bits per heavy atom. The van der Waals surface area contributed by atoms with Gasteiger partial charge in [-0.3, -0.25) is 0 Å². The van der Waals surface area contributed by atoms with Crippen molar-refractivity contribution in [2.24, 2.45) is 0 Å². The van der Waals surface area contributed by atoms with Crippen LogP contribution in [0, 0.1) is 0 Å². The molecular formula is C13H10O5. The van der Waals surface area contributed by atoms with Gasteiger partial charge in [0.15, 0.2) is 0 Å². The first-order chi connectivity index (χ1) is 8.56. The second kappa shape index (κ2) is 4.37. The quantitative estimate of drug-likeness (QED) is 0.867. The van der Waals surface area contributed by atoms with Gasteiger partial charge in [-0.2, -0.15) is 0 Å². The van der Waals surface area contributed by atoms with Crippen LogP contribution < -0.4 is 4.74 Å². The normalized spacial score (nSPS) is 10.3. The monoisotopic (exact) mass is 246 g/mol. The number of aromatic carboxylic acids is 2. The van der Waals surface area contributed by atoms with Gasteiger partial charge in [0.05, 0.1) is 12.7 Å². The fourth-order valence-corrected chi connectivity index (χ4v) is 1.91. The van der Waals surface area contributed by atoms with Crippen LogP contribution in [0.5, 0.6) is 5.75 Å². The molecule has 0 saturated carbocycles. The van der Waals surface area contributed by atoms with Crippen LogP contribution in [0.2, 0.25) is 0 Å². The zero-order chi connectivity index (χ0) is 13.3. The van der Waals surface area contributed by atoms with Crippen molar-refractivity contribution in [3.63, 3.8) is 0 Å². The lowest BCUT2D eigenvalue weighted by Gasteiger charge is -2.11. The number of carbonyl (C=O) groups is 2. The minimum absolute atomic E-state index is 0.0676. The summed E-state index contributed by atoms with van der Waals surface area (Å²) in [7, 11) is 1.32. The van der Waals surface area contributed by atoms with Crippen molar-refractivity contribution in [1.82, 2.24) is 0 Å². The highest BCUT2D eigenvalue weighted by atomic mass is 16.5. The van der Waals surface area contributed by atoms with Gasteiger partial charge in [-0.25, -0.2) is 9.59 Å². The summed E-state index contributed by atoms with van der Waals surface area (Å²) in [6, 6.07) is 8.20. The highest BCUT2D eigenvalue weighted by Crippen LogP contribution is 2.32. The van der Waals surface area contributed by atoms with Gasteiger partial charge >= 0.3 is 11.9 Å². The van der Waals surface area contributed by atoms with Gasteiger partial charge in [0.25, 0.3) is 0 Å². The van der Waals surface area contributed by atoms with Crippen molar-refractivity contribution < 1.29 is 24.5 Å². The number of rotatable bonds is 3. The Bertz CT molecular complexity index is 645. The first-order valence-corrected chi connectivity index (χ1v) is 5.12. The molecule has 0 aliphatic carbocycles. The van der Waals surface area contributed by atoms with Gasteiger partial charge in [0, 0.05) is 5.39 Å². The van der Waals surface area contributed by atoms with Crippen LogP contribution >= 0.6 is 0 Å². The van der Waals surface area contributed by atoms with E-state index < -0.39 is 11.9 Å². The number of ether oxygens (including phenoxy) is 1. The average Bonchev–Trinajstić information content (AvgIpc) is 2.35. The molecule has 0 radical (unpaired) electrons. The zero-order valence-electron chi connectivity index (χ0n) is 9.51. The molecule has 92 valence electrons. The zero-order valence-corrected chi connectivity index (χ0v) is 9.51. The van der Waals surface area contributed by atoms with E-state index in [4.69, 9.17) is 14.9 Å². The van der Waals surface area contributed by atoms with Crippen molar-refractivity contribution >= 4 is 22.7 Å². The largest absolute Gasteiger partial charge is 0.495 e. The molecule has 0 amide bonds. The third-order valence-corrected chi connectivity index (χ3v) is 2.65. The summed E-state index contributed by atoms with van der Waals surface area (Å²) in [5.74, 6) is -2.55. The molecule has 0 fully saturated rings.